The van der Waals surface area contributed by atoms with Gasteiger partial charge in [-0.15, -0.1) is 25.3 Å². The largest absolute Gasteiger partial charge is 0.383 e. The van der Waals surface area contributed by atoms with Crippen molar-refractivity contribution in [3.8, 4) is 0 Å². The summed E-state index contributed by atoms with van der Waals surface area (Å²) in [5.74, 6) is 0. The molecule has 0 aliphatic heterocycles. The van der Waals surface area contributed by atoms with Gasteiger partial charge in [-0.1, -0.05) is 105 Å². The monoisotopic (exact) mass is 382 g/mol. The van der Waals surface area contributed by atoms with E-state index < -0.39 is 10.9 Å². The third kappa shape index (κ3) is 43.3. The van der Waals surface area contributed by atoms with E-state index in [9.17, 15) is 0 Å². The Morgan fingerprint density at radius 3 is 0.958 bits per heavy atom. The first-order valence-electron chi connectivity index (χ1n) is 10.2. The Morgan fingerprint density at radius 2 is 0.750 bits per heavy atom. The molecule has 24 heavy (non-hydrogen) atoms. The number of thiol groups is 2. The predicted octanol–water partition coefficient (Wildman–Crippen LogP) is 7.00. The van der Waals surface area contributed by atoms with Crippen LogP contribution in [0.4, 0.5) is 0 Å². The maximum atomic E-state index is 8.64. The topological polar surface area (TPSA) is 40.5 Å². The van der Waals surface area contributed by atoms with Crippen LogP contribution < -0.4 is 0 Å². The summed E-state index contributed by atoms with van der Waals surface area (Å²) in [6.07, 6.45) is 17.2. The van der Waals surface area contributed by atoms with Crippen LogP contribution in [0.25, 0.3) is 0 Å². The van der Waals surface area contributed by atoms with Crippen molar-refractivity contribution < 1.29 is 10.2 Å². The summed E-state index contributed by atoms with van der Waals surface area (Å²) in [6, 6.07) is 0. The molecule has 0 aromatic heterocycles. The summed E-state index contributed by atoms with van der Waals surface area (Å²) in [5.41, 5.74) is -0.803. The minimum atomic E-state index is -0.401. The quantitative estimate of drug-likeness (QED) is 0.157. The molecule has 0 amide bonds. The lowest BCUT2D eigenvalue weighted by Crippen LogP contribution is -1.93. The first-order valence-corrected chi connectivity index (χ1v) is 11.2. The molecule has 2 nitrogen and oxygen atoms in total. The van der Waals surface area contributed by atoms with Crippen molar-refractivity contribution in [2.24, 2.45) is 0 Å². The minimum absolute atomic E-state index is 0.401. The molecular formula is C20H46O2S2. The molecule has 0 bridgehead atoms. The molecule has 0 radical (unpaired) electrons. The second-order valence-electron chi connectivity index (χ2n) is 6.37. The van der Waals surface area contributed by atoms with Crippen LogP contribution in [-0.2, 0) is 0 Å². The van der Waals surface area contributed by atoms with Crippen molar-refractivity contribution in [1.82, 2.24) is 0 Å². The molecule has 4 heteroatoms. The van der Waals surface area contributed by atoms with E-state index in [1.54, 1.807) is 0 Å². The van der Waals surface area contributed by atoms with Crippen LogP contribution >= 0.6 is 25.3 Å². The maximum absolute atomic E-state index is 8.64. The molecule has 0 aromatic rings. The third-order valence-electron chi connectivity index (χ3n) is 3.59. The molecule has 0 heterocycles. The highest BCUT2D eigenvalue weighted by Gasteiger charge is 1.93. The van der Waals surface area contributed by atoms with Gasteiger partial charge in [-0.2, -0.15) is 0 Å². The van der Waals surface area contributed by atoms with E-state index in [1.165, 1.54) is 64.2 Å². The molecule has 0 saturated heterocycles. The molecule has 2 N–H and O–H groups in total. The molecule has 0 aliphatic rings. The smallest absolute Gasteiger partial charge is 0.0964 e. The zero-order valence-electron chi connectivity index (χ0n) is 16.8. The molecule has 150 valence electrons. The average Bonchev–Trinajstić information content (AvgIpc) is 2.53. The molecule has 2 atom stereocenters. The second-order valence-corrected chi connectivity index (χ2v) is 7.56. The third-order valence-corrected chi connectivity index (χ3v) is 4.11. The maximum Gasteiger partial charge on any atom is 0.0964 e. The Kier molecular flexibility index (Phi) is 34.8. The van der Waals surface area contributed by atoms with E-state index >= 15 is 0 Å². The molecular weight excluding hydrogens is 336 g/mol. The normalized spacial score (nSPS) is 12.5. The average molecular weight is 383 g/mol. The van der Waals surface area contributed by atoms with Gasteiger partial charge in [0, 0.05) is 0 Å². The Bertz CT molecular complexity index is 168. The van der Waals surface area contributed by atoms with Crippen molar-refractivity contribution in [2.45, 2.75) is 128 Å². The van der Waals surface area contributed by atoms with Crippen LogP contribution in [0.2, 0.25) is 0 Å². The Hall–Kier alpha value is 0.620. The van der Waals surface area contributed by atoms with Crippen molar-refractivity contribution >= 4 is 25.3 Å². The van der Waals surface area contributed by atoms with Crippen LogP contribution in [0.3, 0.4) is 0 Å². The number of aliphatic hydroxyl groups is 2. The van der Waals surface area contributed by atoms with Crippen LogP contribution in [0.5, 0.6) is 0 Å². The number of hydrogen-bond acceptors (Lipinski definition) is 4. The van der Waals surface area contributed by atoms with Gasteiger partial charge in [-0.3, -0.25) is 0 Å². The fraction of sp³-hybridized carbons (Fsp3) is 1.00. The van der Waals surface area contributed by atoms with Gasteiger partial charge in [-0.05, 0) is 12.8 Å². The van der Waals surface area contributed by atoms with Crippen molar-refractivity contribution in [1.29, 1.82) is 0 Å². The molecule has 0 fully saturated rings. The van der Waals surface area contributed by atoms with E-state index in [0.29, 0.717) is 0 Å². The van der Waals surface area contributed by atoms with Gasteiger partial charge in [0.25, 0.3) is 0 Å². The fourth-order valence-electron chi connectivity index (χ4n) is 2.01. The SMILES string of the molecule is CCCCCC(O)S.CCCCCC(O)S.CCCCCCCC. The first kappa shape index (κ1) is 29.4. The summed E-state index contributed by atoms with van der Waals surface area (Å²) in [6.45, 7) is 8.80. The van der Waals surface area contributed by atoms with Crippen LogP contribution in [0.15, 0.2) is 0 Å². The van der Waals surface area contributed by atoms with Gasteiger partial charge in [0.15, 0.2) is 0 Å². The molecule has 2 unspecified atom stereocenters. The number of unbranched alkanes of at least 4 members (excludes halogenated alkanes) is 9. The predicted molar refractivity (Wildman–Crippen MR) is 117 cm³/mol. The minimum Gasteiger partial charge on any atom is -0.383 e. The van der Waals surface area contributed by atoms with E-state index in [4.69, 9.17) is 10.2 Å². The molecule has 0 spiro atoms. The van der Waals surface area contributed by atoms with Crippen molar-refractivity contribution in [2.75, 3.05) is 0 Å². The van der Waals surface area contributed by atoms with Crippen molar-refractivity contribution in [3.05, 3.63) is 0 Å². The molecule has 0 aromatic carbocycles. The van der Waals surface area contributed by atoms with E-state index in [0.717, 1.165) is 25.7 Å². The summed E-state index contributed by atoms with van der Waals surface area (Å²) in [4.78, 5) is 0. The summed E-state index contributed by atoms with van der Waals surface area (Å²) in [5, 5.41) is 17.3. The highest BCUT2D eigenvalue weighted by atomic mass is 32.1. The highest BCUT2D eigenvalue weighted by Crippen LogP contribution is 2.05. The number of rotatable bonds is 13. The fourth-order valence-corrected chi connectivity index (χ4v) is 2.37. The standard InChI is InChI=1S/C8H18.2C6H14OS/c1-3-5-7-8-6-4-2;2*1-2-3-4-5-6(7)8/h3-8H2,1-2H3;2*6-8H,2-5H2,1H3. The Balaban J connectivity index is -0.000000276. The zero-order chi connectivity index (χ0) is 19.1. The number of hydrogen-bond donors (Lipinski definition) is 4. The van der Waals surface area contributed by atoms with Crippen molar-refractivity contribution in [3.63, 3.8) is 0 Å². The molecule has 0 aliphatic carbocycles. The van der Waals surface area contributed by atoms with Gasteiger partial charge < -0.3 is 10.2 Å². The lowest BCUT2D eigenvalue weighted by atomic mass is 10.1. The summed E-state index contributed by atoms with van der Waals surface area (Å²) in [7, 11) is 0. The Morgan fingerprint density at radius 1 is 0.500 bits per heavy atom. The van der Waals surface area contributed by atoms with E-state index in [2.05, 4.69) is 53.0 Å². The van der Waals surface area contributed by atoms with Crippen LogP contribution in [-0.4, -0.2) is 21.1 Å². The zero-order valence-corrected chi connectivity index (χ0v) is 18.6. The van der Waals surface area contributed by atoms with Gasteiger partial charge >= 0.3 is 0 Å². The van der Waals surface area contributed by atoms with Gasteiger partial charge in [0.2, 0.25) is 0 Å². The summed E-state index contributed by atoms with van der Waals surface area (Å²) >= 11 is 7.65. The van der Waals surface area contributed by atoms with E-state index in [1.807, 2.05) is 0 Å². The van der Waals surface area contributed by atoms with Gasteiger partial charge in [0.1, 0.15) is 0 Å². The van der Waals surface area contributed by atoms with Gasteiger partial charge in [-0.25, -0.2) is 0 Å². The van der Waals surface area contributed by atoms with Gasteiger partial charge in [0.05, 0.1) is 10.9 Å². The Labute approximate surface area is 164 Å². The molecule has 0 rings (SSSR count). The lowest BCUT2D eigenvalue weighted by Gasteiger charge is -1.99. The summed E-state index contributed by atoms with van der Waals surface area (Å²) < 4.78 is 0. The highest BCUT2D eigenvalue weighted by molar-refractivity contribution is 7.80. The van der Waals surface area contributed by atoms with E-state index in [-0.39, 0.29) is 0 Å². The number of aliphatic hydroxyl groups excluding tert-OH is 2. The van der Waals surface area contributed by atoms with Crippen LogP contribution in [0.1, 0.15) is 118 Å². The second kappa shape index (κ2) is 28.4. The lowest BCUT2D eigenvalue weighted by molar-refractivity contribution is 0.250. The molecule has 0 saturated carbocycles. The first-order chi connectivity index (χ1) is 11.5. The van der Waals surface area contributed by atoms with Crippen LogP contribution in [0, 0.1) is 0 Å².